The lowest BCUT2D eigenvalue weighted by molar-refractivity contribution is -0.139. The van der Waals surface area contributed by atoms with Crippen LogP contribution >= 0.6 is 23.2 Å². The number of amides is 2. The van der Waals surface area contributed by atoms with Crippen molar-refractivity contribution in [2.24, 2.45) is 0 Å². The van der Waals surface area contributed by atoms with Crippen LogP contribution in [0.2, 0.25) is 10.0 Å². The Kier molecular flexibility index (Phi) is 9.77. The van der Waals surface area contributed by atoms with Gasteiger partial charge >= 0.3 is 0 Å². The minimum atomic E-state index is -4.15. The monoisotopic (exact) mass is 601 g/mol. The van der Waals surface area contributed by atoms with Crippen LogP contribution in [0.3, 0.4) is 0 Å². The van der Waals surface area contributed by atoms with Crippen LogP contribution in [0.1, 0.15) is 43.7 Å². The van der Waals surface area contributed by atoms with E-state index in [1.54, 1.807) is 55.5 Å². The van der Waals surface area contributed by atoms with Crippen molar-refractivity contribution in [3.8, 4) is 0 Å². The summed E-state index contributed by atoms with van der Waals surface area (Å²) in [5.74, 6) is -0.816. The maximum Gasteiger partial charge on any atom is 0.264 e. The molecule has 1 fully saturated rings. The lowest BCUT2D eigenvalue weighted by Gasteiger charge is -2.32. The lowest BCUT2D eigenvalue weighted by atomic mass is 10.1. The highest BCUT2D eigenvalue weighted by Gasteiger charge is 2.33. The van der Waals surface area contributed by atoms with Crippen LogP contribution in [0.15, 0.2) is 77.7 Å². The lowest BCUT2D eigenvalue weighted by Crippen LogP contribution is -2.52. The molecule has 7 nitrogen and oxygen atoms in total. The smallest absolute Gasteiger partial charge is 0.264 e. The molecule has 0 aliphatic heterocycles. The van der Waals surface area contributed by atoms with Crippen LogP contribution in [0.5, 0.6) is 0 Å². The number of halogens is 2. The molecule has 1 N–H and O–H groups in total. The summed E-state index contributed by atoms with van der Waals surface area (Å²) in [6, 6.07) is 19.0. The van der Waals surface area contributed by atoms with Crippen molar-refractivity contribution in [3.63, 3.8) is 0 Å². The van der Waals surface area contributed by atoms with Crippen LogP contribution in [-0.2, 0) is 26.2 Å². The predicted molar refractivity (Wildman–Crippen MR) is 159 cm³/mol. The second-order valence-electron chi connectivity index (χ2n) is 10.1. The number of nitrogens with one attached hydrogen (secondary N) is 1. The van der Waals surface area contributed by atoms with Crippen molar-refractivity contribution in [3.05, 3.63) is 94.0 Å². The highest BCUT2D eigenvalue weighted by molar-refractivity contribution is 7.92. The molecule has 1 aliphatic rings. The van der Waals surface area contributed by atoms with Crippen molar-refractivity contribution in [1.29, 1.82) is 0 Å². The van der Waals surface area contributed by atoms with Gasteiger partial charge < -0.3 is 10.2 Å². The van der Waals surface area contributed by atoms with Gasteiger partial charge in [-0.1, -0.05) is 72.4 Å². The molecule has 1 atom stereocenters. The normalized spacial score (nSPS) is 14.5. The first-order chi connectivity index (χ1) is 19.1. The van der Waals surface area contributed by atoms with Gasteiger partial charge in [0.25, 0.3) is 10.0 Å². The first kappa shape index (κ1) is 29.9. The van der Waals surface area contributed by atoms with E-state index in [9.17, 15) is 18.0 Å². The third-order valence-corrected chi connectivity index (χ3v) is 9.59. The summed E-state index contributed by atoms with van der Waals surface area (Å²) in [6.45, 7) is 3.01. The molecule has 1 unspecified atom stereocenters. The largest absolute Gasteiger partial charge is 0.352 e. The quantitative estimate of drug-likeness (QED) is 0.310. The van der Waals surface area contributed by atoms with E-state index in [0.29, 0.717) is 10.0 Å². The first-order valence-corrected chi connectivity index (χ1v) is 15.4. The topological polar surface area (TPSA) is 86.8 Å². The third-order valence-electron chi connectivity index (χ3n) is 7.16. The van der Waals surface area contributed by atoms with Crippen LogP contribution in [0.4, 0.5) is 5.69 Å². The van der Waals surface area contributed by atoms with Gasteiger partial charge in [-0.2, -0.15) is 0 Å². The van der Waals surface area contributed by atoms with Crippen molar-refractivity contribution in [2.75, 3.05) is 10.8 Å². The van der Waals surface area contributed by atoms with E-state index in [4.69, 9.17) is 23.2 Å². The van der Waals surface area contributed by atoms with Crippen LogP contribution in [0.25, 0.3) is 0 Å². The number of sulfonamides is 1. The molecular weight excluding hydrogens is 569 g/mol. The molecule has 40 heavy (non-hydrogen) atoms. The molecule has 0 spiro atoms. The fraction of sp³-hybridized carbons (Fsp3) is 0.333. The molecule has 3 aromatic carbocycles. The van der Waals surface area contributed by atoms with E-state index in [0.717, 1.165) is 41.1 Å². The van der Waals surface area contributed by atoms with Crippen LogP contribution in [0, 0.1) is 6.92 Å². The molecule has 0 saturated heterocycles. The number of rotatable bonds is 10. The number of carbonyl (C=O) groups is 2. The molecular formula is C30H33Cl2N3O4S. The summed E-state index contributed by atoms with van der Waals surface area (Å²) < 4.78 is 28.7. The number of aryl methyl sites for hydroxylation is 1. The molecule has 0 aromatic heterocycles. The fourth-order valence-electron chi connectivity index (χ4n) is 4.79. The van der Waals surface area contributed by atoms with Gasteiger partial charge in [-0.25, -0.2) is 8.42 Å². The number of hydrogen-bond acceptors (Lipinski definition) is 4. The molecule has 4 rings (SSSR count). The average molecular weight is 603 g/mol. The van der Waals surface area contributed by atoms with E-state index in [2.05, 4.69) is 5.32 Å². The fourth-order valence-corrected chi connectivity index (χ4v) is 6.61. The maximum atomic E-state index is 14.0. The van der Waals surface area contributed by atoms with Gasteiger partial charge in [0, 0.05) is 22.6 Å². The Morgan fingerprint density at radius 1 is 0.975 bits per heavy atom. The van der Waals surface area contributed by atoms with Gasteiger partial charge in [0.1, 0.15) is 12.6 Å². The number of anilines is 1. The molecule has 2 amide bonds. The predicted octanol–water partition coefficient (Wildman–Crippen LogP) is 5.97. The van der Waals surface area contributed by atoms with Gasteiger partial charge in [0.15, 0.2) is 0 Å². The molecule has 1 aliphatic carbocycles. The minimum absolute atomic E-state index is 0.0351. The number of hydrogen-bond donors (Lipinski definition) is 1. The second kappa shape index (κ2) is 13.1. The summed E-state index contributed by atoms with van der Waals surface area (Å²) >= 11 is 12.6. The Labute approximate surface area is 246 Å². The Morgan fingerprint density at radius 3 is 2.33 bits per heavy atom. The first-order valence-electron chi connectivity index (χ1n) is 13.2. The minimum Gasteiger partial charge on any atom is -0.352 e. The Balaban J connectivity index is 1.69. The molecule has 10 heteroatoms. The van der Waals surface area contributed by atoms with Gasteiger partial charge in [-0.05, 0) is 74.2 Å². The van der Waals surface area contributed by atoms with E-state index in [1.165, 1.54) is 23.1 Å². The zero-order chi connectivity index (χ0) is 28.9. The van der Waals surface area contributed by atoms with Gasteiger partial charge in [0.2, 0.25) is 11.8 Å². The number of nitrogens with zero attached hydrogens (tertiary/aromatic N) is 2. The molecule has 0 bridgehead atoms. The van der Waals surface area contributed by atoms with Crippen molar-refractivity contribution in [1.82, 2.24) is 10.2 Å². The maximum absolute atomic E-state index is 14.0. The van der Waals surface area contributed by atoms with E-state index in [1.807, 2.05) is 13.0 Å². The second-order valence-corrected chi connectivity index (χ2v) is 12.8. The molecule has 1 saturated carbocycles. The summed E-state index contributed by atoms with van der Waals surface area (Å²) in [6.07, 6.45) is 3.90. The average Bonchev–Trinajstić information content (AvgIpc) is 3.45. The zero-order valence-corrected chi connectivity index (χ0v) is 24.8. The highest BCUT2D eigenvalue weighted by atomic mass is 35.5. The Morgan fingerprint density at radius 2 is 1.68 bits per heavy atom. The number of carbonyl (C=O) groups excluding carboxylic acids is 2. The van der Waals surface area contributed by atoms with E-state index >= 15 is 0 Å². The molecule has 0 radical (unpaired) electrons. The van der Waals surface area contributed by atoms with E-state index in [-0.39, 0.29) is 29.1 Å². The zero-order valence-electron chi connectivity index (χ0n) is 22.5. The van der Waals surface area contributed by atoms with Crippen LogP contribution in [-0.4, -0.2) is 43.8 Å². The van der Waals surface area contributed by atoms with Gasteiger partial charge in [-0.15, -0.1) is 0 Å². The standard InChI is InChI=1S/C30H33Cl2N3O4S/c1-21-15-16-26(18-28(21)32)35(40(38,39)27-13-4-3-5-14-27)20-29(36)34(19-23-9-8-10-24(31)17-23)22(2)30(37)33-25-11-6-7-12-25/h3-5,8-10,13-18,22,25H,6-7,11-12,19-20H2,1-2H3,(H,33,37). The van der Waals surface area contributed by atoms with Gasteiger partial charge in [0.05, 0.1) is 10.6 Å². The molecule has 212 valence electrons. The van der Waals surface area contributed by atoms with E-state index < -0.39 is 28.5 Å². The Hall–Kier alpha value is -3.07. The van der Waals surface area contributed by atoms with Crippen molar-refractivity contribution < 1.29 is 18.0 Å². The van der Waals surface area contributed by atoms with Crippen molar-refractivity contribution in [2.45, 2.75) is 63.1 Å². The summed E-state index contributed by atoms with van der Waals surface area (Å²) in [5.41, 5.74) is 1.74. The summed E-state index contributed by atoms with van der Waals surface area (Å²) in [7, 11) is -4.15. The molecule has 0 heterocycles. The summed E-state index contributed by atoms with van der Waals surface area (Å²) in [5, 5.41) is 3.93. The summed E-state index contributed by atoms with van der Waals surface area (Å²) in [4.78, 5) is 28.7. The van der Waals surface area contributed by atoms with Crippen LogP contribution < -0.4 is 9.62 Å². The Bertz CT molecular complexity index is 1460. The highest BCUT2D eigenvalue weighted by Crippen LogP contribution is 2.29. The van der Waals surface area contributed by atoms with Crippen molar-refractivity contribution >= 4 is 50.7 Å². The van der Waals surface area contributed by atoms with Gasteiger partial charge in [-0.3, -0.25) is 13.9 Å². The third kappa shape index (κ3) is 7.16. The molecule has 3 aromatic rings. The number of benzene rings is 3. The SMILES string of the molecule is Cc1ccc(N(CC(=O)N(Cc2cccc(Cl)c2)C(C)C(=O)NC2CCCC2)S(=O)(=O)c2ccccc2)cc1Cl.